The summed E-state index contributed by atoms with van der Waals surface area (Å²) in [5, 5.41) is 2.97. The Balaban J connectivity index is 2.34. The van der Waals surface area contributed by atoms with Crippen molar-refractivity contribution in [1.29, 1.82) is 0 Å². The third-order valence-electron chi connectivity index (χ3n) is 3.29. The molecule has 1 aromatic carbocycles. The summed E-state index contributed by atoms with van der Waals surface area (Å²) < 4.78 is 13.4. The number of carbonyl (C=O) groups excluding carboxylic acids is 1. The van der Waals surface area contributed by atoms with Crippen molar-refractivity contribution in [2.24, 2.45) is 5.73 Å². The zero-order chi connectivity index (χ0) is 14.0. The topological polar surface area (TPSA) is 58.4 Å². The molecule has 1 saturated heterocycles. The average Bonchev–Trinajstić information content (AvgIpc) is 2.31. The van der Waals surface area contributed by atoms with E-state index in [-0.39, 0.29) is 23.3 Å². The van der Waals surface area contributed by atoms with Crippen LogP contribution in [-0.4, -0.2) is 30.6 Å². The number of nitrogens with one attached hydrogen (secondary N) is 1. The van der Waals surface area contributed by atoms with Crippen molar-refractivity contribution in [2.75, 3.05) is 18.0 Å². The molecule has 1 atom stereocenters. The monoisotopic (exact) mass is 265 g/mol. The van der Waals surface area contributed by atoms with Gasteiger partial charge in [0, 0.05) is 12.2 Å². The number of hydrogen-bond acceptors (Lipinski definition) is 3. The normalized spacial score (nSPS) is 22.2. The Morgan fingerprint density at radius 1 is 1.53 bits per heavy atom. The molecule has 1 aliphatic heterocycles. The van der Waals surface area contributed by atoms with Crippen LogP contribution in [0.1, 0.15) is 20.3 Å². The van der Waals surface area contributed by atoms with Crippen molar-refractivity contribution in [1.82, 2.24) is 5.32 Å². The van der Waals surface area contributed by atoms with E-state index in [0.29, 0.717) is 19.5 Å². The van der Waals surface area contributed by atoms with E-state index in [1.165, 1.54) is 12.1 Å². The quantitative estimate of drug-likeness (QED) is 0.865. The van der Waals surface area contributed by atoms with Crippen LogP contribution in [0.15, 0.2) is 24.3 Å². The number of nitrogens with zero attached hydrogens (tertiary/aromatic N) is 1. The fraction of sp³-hybridized carbons (Fsp3) is 0.500. The molecule has 1 aliphatic rings. The van der Waals surface area contributed by atoms with Gasteiger partial charge in [-0.3, -0.25) is 4.79 Å². The van der Waals surface area contributed by atoms with Crippen molar-refractivity contribution in [3.63, 3.8) is 0 Å². The van der Waals surface area contributed by atoms with Crippen LogP contribution in [-0.2, 0) is 4.79 Å². The number of rotatable bonds is 3. The molecule has 1 aromatic rings. The largest absolute Gasteiger partial charge is 0.357 e. The van der Waals surface area contributed by atoms with Crippen LogP contribution in [0.3, 0.4) is 0 Å². The zero-order valence-electron chi connectivity index (χ0n) is 11.3. The van der Waals surface area contributed by atoms with E-state index in [9.17, 15) is 9.18 Å². The maximum absolute atomic E-state index is 13.4. The van der Waals surface area contributed by atoms with E-state index in [1.807, 2.05) is 24.8 Å². The van der Waals surface area contributed by atoms with Gasteiger partial charge < -0.3 is 16.0 Å². The maximum Gasteiger partial charge on any atom is 0.243 e. The molecular formula is C14H20FN3O. The Hall–Kier alpha value is -1.62. The lowest BCUT2D eigenvalue weighted by Crippen LogP contribution is -2.65. The smallest absolute Gasteiger partial charge is 0.243 e. The standard InChI is InChI=1S/C14H20FN3O/c1-14(2)9-18(11-5-3-4-10(15)8-11)12(6-7-16)13(19)17-14/h3-5,8,12H,6-7,9,16H2,1-2H3,(H,17,19). The highest BCUT2D eigenvalue weighted by Crippen LogP contribution is 2.25. The Morgan fingerprint density at radius 2 is 2.26 bits per heavy atom. The van der Waals surface area contributed by atoms with Crippen molar-refractivity contribution in [3.05, 3.63) is 30.1 Å². The molecule has 5 heteroatoms. The van der Waals surface area contributed by atoms with Gasteiger partial charge in [0.15, 0.2) is 0 Å². The lowest BCUT2D eigenvalue weighted by atomic mass is 9.96. The minimum atomic E-state index is -0.339. The van der Waals surface area contributed by atoms with Gasteiger partial charge in [-0.15, -0.1) is 0 Å². The highest BCUT2D eigenvalue weighted by Gasteiger charge is 2.38. The average molecular weight is 265 g/mol. The van der Waals surface area contributed by atoms with E-state index in [0.717, 1.165) is 5.69 Å². The minimum Gasteiger partial charge on any atom is -0.357 e. The molecule has 0 aliphatic carbocycles. The van der Waals surface area contributed by atoms with Gasteiger partial charge in [0.05, 0.1) is 5.54 Å². The van der Waals surface area contributed by atoms with Crippen molar-refractivity contribution >= 4 is 11.6 Å². The predicted molar refractivity (Wildman–Crippen MR) is 73.4 cm³/mol. The summed E-state index contributed by atoms with van der Waals surface area (Å²) in [4.78, 5) is 14.1. The summed E-state index contributed by atoms with van der Waals surface area (Å²) >= 11 is 0. The summed E-state index contributed by atoms with van der Waals surface area (Å²) in [5.74, 6) is -0.348. The van der Waals surface area contributed by atoms with Crippen molar-refractivity contribution in [3.8, 4) is 0 Å². The molecule has 4 nitrogen and oxygen atoms in total. The molecule has 19 heavy (non-hydrogen) atoms. The SMILES string of the molecule is CC1(C)CN(c2cccc(F)c2)C(CCN)C(=O)N1. The molecule has 0 spiro atoms. The number of benzene rings is 1. The molecule has 1 amide bonds. The first-order chi connectivity index (χ1) is 8.93. The molecule has 0 bridgehead atoms. The molecule has 104 valence electrons. The van der Waals surface area contributed by atoms with Crippen molar-refractivity contribution < 1.29 is 9.18 Å². The van der Waals surface area contributed by atoms with Gasteiger partial charge >= 0.3 is 0 Å². The van der Waals surface area contributed by atoms with E-state index >= 15 is 0 Å². The number of hydrogen-bond donors (Lipinski definition) is 2. The number of nitrogens with two attached hydrogens (primary N) is 1. The summed E-state index contributed by atoms with van der Waals surface area (Å²) in [6, 6.07) is 6.00. The van der Waals surface area contributed by atoms with Gasteiger partial charge in [-0.2, -0.15) is 0 Å². The third kappa shape index (κ3) is 3.04. The Bertz CT molecular complexity index is 476. The molecular weight excluding hydrogens is 245 g/mol. The molecule has 1 heterocycles. The van der Waals surface area contributed by atoms with Crippen LogP contribution >= 0.6 is 0 Å². The molecule has 2 rings (SSSR count). The first-order valence-corrected chi connectivity index (χ1v) is 6.47. The number of piperazine rings is 1. The highest BCUT2D eigenvalue weighted by atomic mass is 19.1. The minimum absolute atomic E-state index is 0.0500. The van der Waals surface area contributed by atoms with E-state index < -0.39 is 0 Å². The molecule has 1 fully saturated rings. The van der Waals surface area contributed by atoms with Crippen LogP contribution in [0.4, 0.5) is 10.1 Å². The molecule has 0 saturated carbocycles. The highest BCUT2D eigenvalue weighted by molar-refractivity contribution is 5.87. The summed E-state index contributed by atoms with van der Waals surface area (Å²) in [7, 11) is 0. The Kier molecular flexibility index (Phi) is 3.75. The van der Waals surface area contributed by atoms with Gasteiger partial charge in [0.1, 0.15) is 11.9 Å². The van der Waals surface area contributed by atoms with Gasteiger partial charge in [-0.1, -0.05) is 6.07 Å². The summed E-state index contributed by atoms with van der Waals surface area (Å²) in [6.45, 7) is 4.96. The lowest BCUT2D eigenvalue weighted by Gasteiger charge is -2.45. The number of halogens is 1. The second-order valence-corrected chi connectivity index (χ2v) is 5.57. The van der Waals surface area contributed by atoms with Gasteiger partial charge in [0.25, 0.3) is 0 Å². The second kappa shape index (κ2) is 5.17. The third-order valence-corrected chi connectivity index (χ3v) is 3.29. The van der Waals surface area contributed by atoms with Gasteiger partial charge in [-0.25, -0.2) is 4.39 Å². The number of anilines is 1. The molecule has 0 radical (unpaired) electrons. The zero-order valence-corrected chi connectivity index (χ0v) is 11.3. The molecule has 1 unspecified atom stereocenters. The van der Waals surface area contributed by atoms with Crippen LogP contribution in [0.5, 0.6) is 0 Å². The van der Waals surface area contributed by atoms with E-state index in [4.69, 9.17) is 5.73 Å². The van der Waals surface area contributed by atoms with Gasteiger partial charge in [-0.05, 0) is 45.0 Å². The van der Waals surface area contributed by atoms with Crippen LogP contribution < -0.4 is 16.0 Å². The summed E-state index contributed by atoms with van der Waals surface area (Å²) in [6.07, 6.45) is 0.554. The fourth-order valence-electron chi connectivity index (χ4n) is 2.50. The first-order valence-electron chi connectivity index (χ1n) is 6.47. The predicted octanol–water partition coefficient (Wildman–Crippen LogP) is 1.26. The fourth-order valence-corrected chi connectivity index (χ4v) is 2.50. The lowest BCUT2D eigenvalue weighted by molar-refractivity contribution is -0.125. The summed E-state index contributed by atoms with van der Waals surface area (Å²) in [5.41, 5.74) is 5.96. The number of amides is 1. The van der Waals surface area contributed by atoms with Crippen LogP contribution in [0, 0.1) is 5.82 Å². The Labute approximate surface area is 112 Å². The van der Waals surface area contributed by atoms with Crippen LogP contribution in [0.2, 0.25) is 0 Å². The molecule has 3 N–H and O–H groups in total. The van der Waals surface area contributed by atoms with E-state index in [1.54, 1.807) is 6.07 Å². The van der Waals surface area contributed by atoms with Gasteiger partial charge in [0.2, 0.25) is 5.91 Å². The maximum atomic E-state index is 13.4. The number of carbonyl (C=O) groups is 1. The van der Waals surface area contributed by atoms with E-state index in [2.05, 4.69) is 5.32 Å². The second-order valence-electron chi connectivity index (χ2n) is 5.57. The Morgan fingerprint density at radius 3 is 2.89 bits per heavy atom. The first kappa shape index (κ1) is 13.8. The van der Waals surface area contributed by atoms with Crippen molar-refractivity contribution in [2.45, 2.75) is 31.8 Å². The molecule has 0 aromatic heterocycles. The van der Waals surface area contributed by atoms with Crippen LogP contribution in [0.25, 0.3) is 0 Å².